The number of aromatic nitrogens is 6. The zero-order chi connectivity index (χ0) is 25.1. The molecule has 10 heteroatoms. The summed E-state index contributed by atoms with van der Waals surface area (Å²) >= 11 is 6.14. The first-order valence-corrected chi connectivity index (χ1v) is 12.0. The van der Waals surface area contributed by atoms with Crippen LogP contribution in [0.25, 0.3) is 22.9 Å². The van der Waals surface area contributed by atoms with Crippen LogP contribution in [0.5, 0.6) is 17.5 Å². The van der Waals surface area contributed by atoms with E-state index in [1.165, 1.54) is 0 Å². The molecule has 9 nitrogen and oxygen atoms in total. The predicted molar refractivity (Wildman–Crippen MR) is 136 cm³/mol. The summed E-state index contributed by atoms with van der Waals surface area (Å²) < 4.78 is 21.2. The molecule has 0 saturated heterocycles. The molecule has 0 spiro atoms. The van der Waals surface area contributed by atoms with Gasteiger partial charge in [-0.05, 0) is 49.4 Å². The zero-order valence-electron chi connectivity index (χ0n) is 19.8. The van der Waals surface area contributed by atoms with Gasteiger partial charge in [-0.15, -0.1) is 5.10 Å². The Morgan fingerprint density at radius 2 is 1.81 bits per heavy atom. The van der Waals surface area contributed by atoms with E-state index < -0.39 is 0 Å². The first kappa shape index (κ1) is 21.6. The Morgan fingerprint density at radius 1 is 0.973 bits per heavy atom. The predicted octanol–water partition coefficient (Wildman–Crippen LogP) is 5.83. The van der Waals surface area contributed by atoms with Gasteiger partial charge in [0.2, 0.25) is 17.6 Å². The summed E-state index contributed by atoms with van der Waals surface area (Å²) in [7, 11) is 1.66. The number of hydrogen-bond acceptors (Lipinski definition) is 7. The van der Waals surface area contributed by atoms with Gasteiger partial charge in [-0.1, -0.05) is 29.8 Å². The van der Waals surface area contributed by atoms with Crippen molar-refractivity contribution in [3.05, 3.63) is 101 Å². The molecule has 2 aromatic carbocycles. The highest BCUT2D eigenvalue weighted by Gasteiger charge is 2.39. The number of aryl methyl sites for hydroxylation is 1. The molecule has 1 aliphatic rings. The normalized spacial score (nSPS) is 14.3. The molecule has 0 amide bonds. The van der Waals surface area contributed by atoms with Gasteiger partial charge in [-0.3, -0.25) is 0 Å². The number of benzene rings is 2. The lowest BCUT2D eigenvalue weighted by atomic mass is 9.84. The number of ether oxygens (including phenoxy) is 2. The minimum atomic E-state index is -0.333. The average Bonchev–Trinajstić information content (AvgIpc) is 3.67. The minimum absolute atomic E-state index is 0.333. The minimum Gasteiger partial charge on any atom is -0.496 e. The standard InChI is InChI=1S/C27H19ClN6O3/c1-15-21-22(18-6-3-4-7-19(18)35-2)23-25-30-24(20-8-5-13-36-20)32-33(25)14-29-26(23)37-27(21)34(31-15)17-11-9-16(28)10-12-17/h3-14,22H,1-2H3. The molecule has 1 unspecified atom stereocenters. The zero-order valence-corrected chi connectivity index (χ0v) is 20.5. The summed E-state index contributed by atoms with van der Waals surface area (Å²) in [4.78, 5) is 9.47. The quantitative estimate of drug-likeness (QED) is 0.294. The lowest BCUT2D eigenvalue weighted by Gasteiger charge is -2.27. The molecule has 0 N–H and O–H groups in total. The van der Waals surface area contributed by atoms with Gasteiger partial charge in [-0.25, -0.2) is 19.2 Å². The molecule has 7 rings (SSSR count). The first-order chi connectivity index (χ1) is 18.1. The van der Waals surface area contributed by atoms with Crippen LogP contribution in [0, 0.1) is 6.92 Å². The Bertz CT molecular complexity index is 1770. The lowest BCUT2D eigenvalue weighted by molar-refractivity contribution is 0.393. The summed E-state index contributed by atoms with van der Waals surface area (Å²) in [5.74, 6) is 2.42. The van der Waals surface area contributed by atoms with E-state index >= 15 is 0 Å². The Labute approximate surface area is 215 Å². The monoisotopic (exact) mass is 510 g/mol. The van der Waals surface area contributed by atoms with E-state index in [-0.39, 0.29) is 5.92 Å². The van der Waals surface area contributed by atoms with E-state index in [0.717, 1.165) is 33.8 Å². The van der Waals surface area contributed by atoms with E-state index in [9.17, 15) is 0 Å². The summed E-state index contributed by atoms with van der Waals surface area (Å²) in [5.41, 5.74) is 4.83. The first-order valence-electron chi connectivity index (χ1n) is 11.6. The van der Waals surface area contributed by atoms with E-state index in [1.54, 1.807) is 35.0 Å². The highest BCUT2D eigenvalue weighted by atomic mass is 35.5. The average molecular weight is 511 g/mol. The van der Waals surface area contributed by atoms with Gasteiger partial charge in [0.15, 0.2) is 11.4 Å². The molecular weight excluding hydrogens is 492 g/mol. The molecule has 4 aromatic heterocycles. The molecule has 182 valence electrons. The SMILES string of the molecule is COc1ccccc1C1c2c(C)nn(-c3ccc(Cl)cc3)c2Oc2ncn3nc(-c4ccco4)nc3c21. The van der Waals surface area contributed by atoms with E-state index in [2.05, 4.69) is 10.1 Å². The van der Waals surface area contributed by atoms with Crippen molar-refractivity contribution in [2.45, 2.75) is 12.8 Å². The number of fused-ring (bicyclic) bond motifs is 4. The van der Waals surface area contributed by atoms with Crippen LogP contribution in [-0.4, -0.2) is 36.5 Å². The van der Waals surface area contributed by atoms with Crippen LogP contribution in [-0.2, 0) is 0 Å². The van der Waals surface area contributed by atoms with Crippen molar-refractivity contribution >= 4 is 17.2 Å². The van der Waals surface area contributed by atoms with Crippen molar-refractivity contribution in [2.75, 3.05) is 7.11 Å². The Balaban J connectivity index is 1.52. The maximum atomic E-state index is 6.46. The van der Waals surface area contributed by atoms with Crippen molar-refractivity contribution in [2.24, 2.45) is 0 Å². The molecule has 0 bridgehead atoms. The van der Waals surface area contributed by atoms with E-state index in [0.29, 0.717) is 34.0 Å². The number of para-hydroxylation sites is 1. The molecule has 0 fully saturated rings. The third-order valence-corrected chi connectivity index (χ3v) is 6.73. The topological polar surface area (TPSA) is 92.5 Å². The molecule has 0 aliphatic carbocycles. The van der Waals surface area contributed by atoms with Gasteiger partial charge in [0.1, 0.15) is 12.1 Å². The van der Waals surface area contributed by atoms with Gasteiger partial charge in [0, 0.05) is 10.6 Å². The third-order valence-electron chi connectivity index (χ3n) is 6.48. The molecule has 37 heavy (non-hydrogen) atoms. The smallest absolute Gasteiger partial charge is 0.230 e. The van der Waals surface area contributed by atoms with Crippen LogP contribution >= 0.6 is 11.6 Å². The van der Waals surface area contributed by atoms with Crippen molar-refractivity contribution in [3.63, 3.8) is 0 Å². The van der Waals surface area contributed by atoms with Gasteiger partial charge in [-0.2, -0.15) is 5.10 Å². The molecule has 1 aliphatic heterocycles. The van der Waals surface area contributed by atoms with E-state index in [4.69, 9.17) is 35.6 Å². The van der Waals surface area contributed by atoms with Crippen LogP contribution in [0.2, 0.25) is 5.02 Å². The van der Waals surface area contributed by atoms with Gasteiger partial charge in [0.25, 0.3) is 0 Å². The Hall–Kier alpha value is -4.63. The van der Waals surface area contributed by atoms with Crippen molar-refractivity contribution in [1.82, 2.24) is 29.4 Å². The van der Waals surface area contributed by atoms with Crippen LogP contribution in [0.1, 0.15) is 28.3 Å². The van der Waals surface area contributed by atoms with Crippen molar-refractivity contribution in [3.8, 4) is 34.8 Å². The summed E-state index contributed by atoms with van der Waals surface area (Å²) in [6, 6.07) is 19.0. The number of hydrogen-bond donors (Lipinski definition) is 0. The van der Waals surface area contributed by atoms with Crippen LogP contribution < -0.4 is 9.47 Å². The third kappa shape index (κ3) is 3.31. The lowest BCUT2D eigenvalue weighted by Crippen LogP contribution is -2.16. The second kappa shape index (κ2) is 8.21. The van der Waals surface area contributed by atoms with E-state index in [1.807, 2.05) is 61.5 Å². The largest absolute Gasteiger partial charge is 0.496 e. The van der Waals surface area contributed by atoms with Gasteiger partial charge in [0.05, 0.1) is 41.8 Å². The van der Waals surface area contributed by atoms with Crippen LogP contribution in [0.3, 0.4) is 0 Å². The van der Waals surface area contributed by atoms with Crippen molar-refractivity contribution in [1.29, 1.82) is 0 Å². The molecule has 5 heterocycles. The molecule has 0 radical (unpaired) electrons. The molecule has 6 aromatic rings. The van der Waals surface area contributed by atoms with Crippen LogP contribution in [0.4, 0.5) is 0 Å². The van der Waals surface area contributed by atoms with Gasteiger partial charge < -0.3 is 13.9 Å². The fourth-order valence-electron chi connectivity index (χ4n) is 4.86. The van der Waals surface area contributed by atoms with Crippen LogP contribution in [0.15, 0.2) is 77.7 Å². The highest BCUT2D eigenvalue weighted by molar-refractivity contribution is 6.30. The molecule has 0 saturated carbocycles. The number of halogens is 1. The fourth-order valence-corrected chi connectivity index (χ4v) is 4.99. The molecular formula is C27H19ClN6O3. The fraction of sp³-hybridized carbons (Fsp3) is 0.111. The highest BCUT2D eigenvalue weighted by Crippen LogP contribution is 2.51. The summed E-state index contributed by atoms with van der Waals surface area (Å²) in [6.07, 6.45) is 3.18. The number of nitrogens with zero attached hydrogens (tertiary/aromatic N) is 6. The number of furan rings is 1. The molecule has 1 atom stereocenters. The van der Waals surface area contributed by atoms with Gasteiger partial charge >= 0.3 is 0 Å². The maximum absolute atomic E-state index is 6.46. The Morgan fingerprint density at radius 3 is 2.59 bits per heavy atom. The summed E-state index contributed by atoms with van der Waals surface area (Å²) in [6.45, 7) is 1.97. The maximum Gasteiger partial charge on any atom is 0.230 e. The second-order valence-electron chi connectivity index (χ2n) is 8.61. The summed E-state index contributed by atoms with van der Waals surface area (Å²) in [5, 5.41) is 10.1. The second-order valence-corrected chi connectivity index (χ2v) is 9.05. The van der Waals surface area contributed by atoms with Crippen molar-refractivity contribution < 1.29 is 13.9 Å². The number of rotatable bonds is 4. The Kier molecular flexibility index (Phi) is 4.80. The number of methoxy groups -OCH3 is 1.